The molecule has 10 heteroatoms. The number of likely N-dealkylation sites (tertiary alicyclic amines) is 1. The van der Waals surface area contributed by atoms with Crippen molar-refractivity contribution in [2.45, 2.75) is 50.4 Å². The van der Waals surface area contributed by atoms with Gasteiger partial charge < -0.3 is 15.5 Å². The fourth-order valence-corrected chi connectivity index (χ4v) is 4.98. The van der Waals surface area contributed by atoms with E-state index in [1.54, 1.807) is 17.0 Å². The average molecular weight is 489 g/mol. The van der Waals surface area contributed by atoms with Crippen molar-refractivity contribution < 1.29 is 18.0 Å². The number of benzene rings is 1. The van der Waals surface area contributed by atoms with Crippen molar-refractivity contribution in [3.8, 4) is 6.07 Å². The van der Waals surface area contributed by atoms with Crippen LogP contribution < -0.4 is 10.6 Å². The summed E-state index contributed by atoms with van der Waals surface area (Å²) in [5.41, 5.74) is 6.15. The zero-order valence-corrected chi connectivity index (χ0v) is 19.7. The molecule has 0 saturated carbocycles. The number of amides is 1. The summed E-state index contributed by atoms with van der Waals surface area (Å²) in [6, 6.07) is 9.35. The van der Waals surface area contributed by atoms with Crippen LogP contribution in [0.2, 0.25) is 0 Å². The SMILES string of the molecule is N#C[C@@H]1CCCN1C(=O)[C@@H](N)CCCCN1CCN(c2cc(C(F)(F)F)nc3ccccc23)CC1. The molecule has 1 aromatic carbocycles. The number of halogens is 3. The number of fused-ring (bicyclic) bond motifs is 1. The number of rotatable bonds is 7. The highest BCUT2D eigenvalue weighted by molar-refractivity contribution is 5.92. The highest BCUT2D eigenvalue weighted by Crippen LogP contribution is 2.35. The standard InChI is InChI=1S/C25H31F3N6O/c26-25(27,28)23-16-22(19-7-1-2-9-21(19)31-23)33-14-12-32(13-15-33)10-4-3-8-20(30)24(35)34-11-5-6-18(34)17-29/h1-2,7,9,16,18,20H,3-6,8,10-15,30H2/t18-,20-/m0/s1. The summed E-state index contributed by atoms with van der Waals surface area (Å²) < 4.78 is 40.2. The molecule has 7 nitrogen and oxygen atoms in total. The third-order valence-corrected chi connectivity index (χ3v) is 6.94. The Morgan fingerprint density at radius 3 is 2.63 bits per heavy atom. The van der Waals surface area contributed by atoms with Crippen LogP contribution in [0.1, 0.15) is 37.8 Å². The molecule has 0 spiro atoms. The van der Waals surface area contributed by atoms with Crippen molar-refractivity contribution in [1.82, 2.24) is 14.8 Å². The molecule has 2 saturated heterocycles. The van der Waals surface area contributed by atoms with Gasteiger partial charge in [-0.2, -0.15) is 18.4 Å². The third-order valence-electron chi connectivity index (χ3n) is 6.94. The van der Waals surface area contributed by atoms with Gasteiger partial charge in [0.25, 0.3) is 0 Å². The number of carbonyl (C=O) groups is 1. The Balaban J connectivity index is 1.27. The van der Waals surface area contributed by atoms with Crippen LogP contribution in [0.4, 0.5) is 18.9 Å². The van der Waals surface area contributed by atoms with Crippen molar-refractivity contribution in [2.24, 2.45) is 5.73 Å². The van der Waals surface area contributed by atoms with Gasteiger partial charge in [0, 0.05) is 43.8 Å². The van der Waals surface area contributed by atoms with E-state index in [2.05, 4.69) is 16.0 Å². The summed E-state index contributed by atoms with van der Waals surface area (Å²) in [6.07, 6.45) is -0.659. The first kappa shape index (κ1) is 25.2. The van der Waals surface area contributed by atoms with E-state index in [9.17, 15) is 23.2 Å². The number of aromatic nitrogens is 1. The Hall–Kier alpha value is -2.90. The predicted molar refractivity (Wildman–Crippen MR) is 128 cm³/mol. The van der Waals surface area contributed by atoms with E-state index in [0.29, 0.717) is 43.7 Å². The lowest BCUT2D eigenvalue weighted by atomic mass is 10.1. The first-order chi connectivity index (χ1) is 16.8. The normalized spacial score (nSPS) is 20.3. The molecule has 3 heterocycles. The van der Waals surface area contributed by atoms with Crippen molar-refractivity contribution >= 4 is 22.5 Å². The van der Waals surface area contributed by atoms with Crippen LogP contribution >= 0.6 is 0 Å². The maximum absolute atomic E-state index is 13.4. The minimum Gasteiger partial charge on any atom is -0.368 e. The summed E-state index contributed by atoms with van der Waals surface area (Å²) in [6.45, 7) is 4.22. The van der Waals surface area contributed by atoms with E-state index in [4.69, 9.17) is 5.73 Å². The fraction of sp³-hybridized carbons (Fsp3) is 0.560. The van der Waals surface area contributed by atoms with E-state index >= 15 is 0 Å². The molecule has 2 aliphatic heterocycles. The first-order valence-corrected chi connectivity index (χ1v) is 12.2. The van der Waals surface area contributed by atoms with Crippen LogP contribution in [0.5, 0.6) is 0 Å². The summed E-state index contributed by atoms with van der Waals surface area (Å²) >= 11 is 0. The topological polar surface area (TPSA) is 89.5 Å². The van der Waals surface area contributed by atoms with Crippen LogP contribution in [0.3, 0.4) is 0 Å². The molecule has 0 bridgehead atoms. The van der Waals surface area contributed by atoms with Gasteiger partial charge in [0.1, 0.15) is 11.7 Å². The van der Waals surface area contributed by atoms with Crippen LogP contribution in [-0.4, -0.2) is 72.0 Å². The number of carbonyl (C=O) groups excluding carboxylic acids is 1. The summed E-state index contributed by atoms with van der Waals surface area (Å²) in [7, 11) is 0. The molecule has 2 atom stereocenters. The van der Waals surface area contributed by atoms with Crippen LogP contribution in [0.25, 0.3) is 10.9 Å². The number of hydrogen-bond donors (Lipinski definition) is 1. The largest absolute Gasteiger partial charge is 0.433 e. The number of nitrogens with two attached hydrogens (primary N) is 1. The second-order valence-corrected chi connectivity index (χ2v) is 9.29. The van der Waals surface area contributed by atoms with Crippen molar-refractivity contribution in [1.29, 1.82) is 5.26 Å². The molecular formula is C25H31F3N6O. The molecule has 0 radical (unpaired) electrons. The monoisotopic (exact) mass is 488 g/mol. The lowest BCUT2D eigenvalue weighted by Gasteiger charge is -2.36. The Morgan fingerprint density at radius 2 is 1.91 bits per heavy atom. The number of nitrogens with zero attached hydrogens (tertiary/aromatic N) is 5. The predicted octanol–water partition coefficient (Wildman–Crippen LogP) is 3.39. The van der Waals surface area contributed by atoms with Crippen LogP contribution in [-0.2, 0) is 11.0 Å². The highest BCUT2D eigenvalue weighted by Gasteiger charge is 2.34. The molecule has 0 unspecified atom stereocenters. The van der Waals surface area contributed by atoms with E-state index in [-0.39, 0.29) is 11.9 Å². The molecular weight excluding hydrogens is 457 g/mol. The number of para-hydroxylation sites is 1. The number of alkyl halides is 3. The number of nitriles is 1. The molecule has 35 heavy (non-hydrogen) atoms. The Kier molecular flexibility index (Phi) is 7.77. The van der Waals surface area contributed by atoms with Crippen LogP contribution in [0.15, 0.2) is 30.3 Å². The zero-order chi connectivity index (χ0) is 25.0. The van der Waals surface area contributed by atoms with Gasteiger partial charge in [0.2, 0.25) is 5.91 Å². The van der Waals surface area contributed by atoms with Gasteiger partial charge in [-0.25, -0.2) is 4.98 Å². The summed E-state index contributed by atoms with van der Waals surface area (Å²) in [5, 5.41) is 9.90. The summed E-state index contributed by atoms with van der Waals surface area (Å²) in [4.78, 5) is 22.2. The van der Waals surface area contributed by atoms with E-state index < -0.39 is 17.9 Å². The number of anilines is 1. The molecule has 1 aromatic heterocycles. The quantitative estimate of drug-likeness (QED) is 0.601. The maximum Gasteiger partial charge on any atom is 0.433 e. The number of pyridine rings is 1. The lowest BCUT2D eigenvalue weighted by molar-refractivity contribution is -0.141. The van der Waals surface area contributed by atoms with E-state index in [1.165, 1.54) is 0 Å². The van der Waals surface area contributed by atoms with E-state index in [1.807, 2.05) is 17.0 Å². The minimum absolute atomic E-state index is 0.134. The second kappa shape index (κ2) is 10.8. The summed E-state index contributed by atoms with van der Waals surface area (Å²) in [5.74, 6) is -0.134. The molecule has 2 N–H and O–H groups in total. The maximum atomic E-state index is 13.4. The molecule has 2 aromatic rings. The molecule has 0 aliphatic carbocycles. The second-order valence-electron chi connectivity index (χ2n) is 9.29. The number of hydrogen-bond acceptors (Lipinski definition) is 6. The minimum atomic E-state index is -4.49. The van der Waals surface area contributed by atoms with E-state index in [0.717, 1.165) is 50.3 Å². The van der Waals surface area contributed by atoms with Gasteiger partial charge in [-0.05, 0) is 44.4 Å². The first-order valence-electron chi connectivity index (χ1n) is 12.2. The van der Waals surface area contributed by atoms with Gasteiger partial charge in [0.15, 0.2) is 0 Å². The fourth-order valence-electron chi connectivity index (χ4n) is 4.98. The Bertz CT molecular complexity index is 1080. The zero-order valence-electron chi connectivity index (χ0n) is 19.7. The van der Waals surface area contributed by atoms with Gasteiger partial charge >= 0.3 is 6.18 Å². The van der Waals surface area contributed by atoms with Gasteiger partial charge in [0.05, 0.1) is 17.6 Å². The van der Waals surface area contributed by atoms with Crippen LogP contribution in [0, 0.1) is 11.3 Å². The smallest absolute Gasteiger partial charge is 0.368 e. The molecule has 2 fully saturated rings. The van der Waals surface area contributed by atoms with Crippen molar-refractivity contribution in [3.63, 3.8) is 0 Å². The molecule has 2 aliphatic rings. The number of unbranched alkanes of at least 4 members (excludes halogenated alkanes) is 1. The average Bonchev–Trinajstić information content (AvgIpc) is 3.34. The highest BCUT2D eigenvalue weighted by atomic mass is 19.4. The Labute approximate surface area is 203 Å². The number of piperazine rings is 1. The van der Waals surface area contributed by atoms with Gasteiger partial charge in [-0.3, -0.25) is 9.69 Å². The molecule has 1 amide bonds. The van der Waals surface area contributed by atoms with Crippen molar-refractivity contribution in [3.05, 3.63) is 36.0 Å². The Morgan fingerprint density at radius 1 is 1.17 bits per heavy atom. The third kappa shape index (κ3) is 5.85. The molecule has 188 valence electrons. The lowest BCUT2D eigenvalue weighted by Crippen LogP contribution is -2.47. The molecule has 4 rings (SSSR count). The van der Waals surface area contributed by atoms with Gasteiger partial charge in [-0.1, -0.05) is 24.6 Å². The van der Waals surface area contributed by atoms with Gasteiger partial charge in [-0.15, -0.1) is 0 Å². The van der Waals surface area contributed by atoms with Crippen molar-refractivity contribution in [2.75, 3.05) is 44.2 Å².